The molecular weight excluding hydrogens is 441 g/mol. The molecule has 1 amide bonds. The molecule has 8 heteroatoms. The molecular formula is C25H25ClFN5O. The molecule has 1 heterocycles. The number of carbonyl (C=O) groups is 1. The Hall–Kier alpha value is -3.42. The predicted octanol–water partition coefficient (Wildman–Crippen LogP) is 5.31. The summed E-state index contributed by atoms with van der Waals surface area (Å²) in [6, 6.07) is 17.7. The van der Waals surface area contributed by atoms with Gasteiger partial charge in [0.1, 0.15) is 17.7 Å². The van der Waals surface area contributed by atoms with Crippen molar-refractivity contribution in [3.8, 4) is 0 Å². The highest BCUT2D eigenvalue weighted by molar-refractivity contribution is 6.34. The summed E-state index contributed by atoms with van der Waals surface area (Å²) in [6.45, 7) is 1.09. The normalized spacial score (nSPS) is 14.3. The van der Waals surface area contributed by atoms with Crippen molar-refractivity contribution in [3.63, 3.8) is 0 Å². The van der Waals surface area contributed by atoms with Crippen molar-refractivity contribution in [2.75, 3.05) is 22.1 Å². The number of halogens is 2. The van der Waals surface area contributed by atoms with Gasteiger partial charge in [-0.25, -0.2) is 4.39 Å². The Kier molecular flexibility index (Phi) is 6.91. The van der Waals surface area contributed by atoms with Crippen LogP contribution in [-0.2, 0) is 11.3 Å². The molecule has 1 aliphatic rings. The maximum absolute atomic E-state index is 14.6. The largest absolute Gasteiger partial charge is 0.370 e. The second-order valence-corrected chi connectivity index (χ2v) is 8.27. The summed E-state index contributed by atoms with van der Waals surface area (Å²) in [5, 5.41) is 14.5. The third kappa shape index (κ3) is 5.16. The van der Waals surface area contributed by atoms with Gasteiger partial charge in [-0.15, -0.1) is 0 Å². The van der Waals surface area contributed by atoms with Crippen molar-refractivity contribution in [2.24, 2.45) is 5.73 Å². The fourth-order valence-electron chi connectivity index (χ4n) is 3.91. The number of anilines is 3. The van der Waals surface area contributed by atoms with Crippen LogP contribution in [0.1, 0.15) is 30.0 Å². The molecule has 0 bridgehead atoms. The van der Waals surface area contributed by atoms with Crippen LogP contribution in [0.4, 0.5) is 21.5 Å². The minimum Gasteiger partial charge on any atom is -0.370 e. The third-order valence-corrected chi connectivity index (χ3v) is 5.88. The van der Waals surface area contributed by atoms with Gasteiger partial charge in [0.05, 0.1) is 10.7 Å². The van der Waals surface area contributed by atoms with Crippen molar-refractivity contribution >= 4 is 40.4 Å². The molecule has 3 aromatic carbocycles. The standard InChI is InChI=1S/C25H25ClFN5O/c26-20-14-18(10-11-22(20)32-12-4-9-23(32)29)31-25(33)24(19-7-1-2-8-21(19)27)30-17-6-3-5-16(13-17)15-28/h1-3,5-8,10-11,13-14,24,29-30H,4,9,12,15,28H2,(H,31,33). The SMILES string of the molecule is N=C1CCCN1c1ccc(NC(=O)C(Nc2cccc(CN)c2)c2ccccc2F)cc1Cl. The van der Waals surface area contributed by atoms with Crippen molar-refractivity contribution in [1.82, 2.24) is 0 Å². The van der Waals surface area contributed by atoms with Gasteiger partial charge in [-0.2, -0.15) is 0 Å². The van der Waals surface area contributed by atoms with E-state index in [2.05, 4.69) is 10.6 Å². The van der Waals surface area contributed by atoms with Crippen LogP contribution in [0, 0.1) is 11.2 Å². The van der Waals surface area contributed by atoms with Crippen molar-refractivity contribution in [3.05, 3.63) is 88.7 Å². The van der Waals surface area contributed by atoms with Crippen LogP contribution in [0.25, 0.3) is 0 Å². The predicted molar refractivity (Wildman–Crippen MR) is 131 cm³/mol. The van der Waals surface area contributed by atoms with Crippen LogP contribution in [0.15, 0.2) is 66.7 Å². The Morgan fingerprint density at radius 2 is 1.94 bits per heavy atom. The van der Waals surface area contributed by atoms with Crippen LogP contribution < -0.4 is 21.3 Å². The monoisotopic (exact) mass is 465 g/mol. The fourth-order valence-corrected chi connectivity index (χ4v) is 4.19. The molecule has 170 valence electrons. The summed E-state index contributed by atoms with van der Waals surface area (Å²) in [4.78, 5) is 15.1. The van der Waals surface area contributed by atoms with Gasteiger partial charge in [-0.1, -0.05) is 41.9 Å². The minimum absolute atomic E-state index is 0.224. The average Bonchev–Trinajstić information content (AvgIpc) is 3.24. The molecule has 3 aromatic rings. The van der Waals surface area contributed by atoms with E-state index < -0.39 is 17.8 Å². The van der Waals surface area contributed by atoms with Gasteiger partial charge in [0.2, 0.25) is 0 Å². The molecule has 0 radical (unpaired) electrons. The first-order chi connectivity index (χ1) is 16.0. The molecule has 1 saturated heterocycles. The van der Waals surface area contributed by atoms with E-state index in [1.807, 2.05) is 23.1 Å². The first-order valence-corrected chi connectivity index (χ1v) is 11.1. The summed E-state index contributed by atoms with van der Waals surface area (Å²) >= 11 is 6.47. The number of hydrogen-bond donors (Lipinski definition) is 4. The molecule has 0 saturated carbocycles. The zero-order chi connectivity index (χ0) is 23.4. The van der Waals surface area contributed by atoms with Crippen LogP contribution >= 0.6 is 11.6 Å². The highest BCUT2D eigenvalue weighted by Gasteiger charge is 2.25. The Labute approximate surface area is 197 Å². The minimum atomic E-state index is -0.982. The van der Waals surface area contributed by atoms with E-state index in [0.29, 0.717) is 28.8 Å². The first-order valence-electron chi connectivity index (χ1n) is 10.7. The van der Waals surface area contributed by atoms with Crippen LogP contribution in [0.5, 0.6) is 0 Å². The van der Waals surface area contributed by atoms with Gasteiger partial charge < -0.3 is 21.3 Å². The molecule has 4 rings (SSSR count). The topological polar surface area (TPSA) is 94.2 Å². The molecule has 0 spiro atoms. The summed E-state index contributed by atoms with van der Waals surface area (Å²) in [5.74, 6) is -0.394. The molecule has 1 aliphatic heterocycles. The van der Waals surface area contributed by atoms with Crippen LogP contribution in [-0.4, -0.2) is 18.3 Å². The third-order valence-electron chi connectivity index (χ3n) is 5.58. The molecule has 1 fully saturated rings. The zero-order valence-corrected chi connectivity index (χ0v) is 18.7. The Bertz CT molecular complexity index is 1180. The van der Waals surface area contributed by atoms with Crippen molar-refractivity contribution < 1.29 is 9.18 Å². The van der Waals surface area contributed by atoms with Gasteiger partial charge >= 0.3 is 0 Å². The lowest BCUT2D eigenvalue weighted by Crippen LogP contribution is -2.28. The number of carbonyl (C=O) groups excluding carboxylic acids is 1. The quantitative estimate of drug-likeness (QED) is 0.380. The van der Waals surface area contributed by atoms with E-state index in [-0.39, 0.29) is 5.56 Å². The van der Waals surface area contributed by atoms with Crippen LogP contribution in [0.2, 0.25) is 5.02 Å². The van der Waals surface area contributed by atoms with E-state index in [9.17, 15) is 9.18 Å². The second kappa shape index (κ2) is 10.0. The van der Waals surface area contributed by atoms with Gasteiger partial charge in [0.25, 0.3) is 5.91 Å². The number of nitrogens with one attached hydrogen (secondary N) is 3. The van der Waals surface area contributed by atoms with E-state index in [0.717, 1.165) is 30.6 Å². The smallest absolute Gasteiger partial charge is 0.251 e. The lowest BCUT2D eigenvalue weighted by molar-refractivity contribution is -0.117. The van der Waals surface area contributed by atoms with E-state index in [4.69, 9.17) is 22.7 Å². The second-order valence-electron chi connectivity index (χ2n) is 7.86. The lowest BCUT2D eigenvalue weighted by atomic mass is 10.0. The van der Waals surface area contributed by atoms with Crippen molar-refractivity contribution in [1.29, 1.82) is 5.41 Å². The number of benzene rings is 3. The van der Waals surface area contributed by atoms with Gasteiger partial charge in [0, 0.05) is 36.4 Å². The number of nitrogens with two attached hydrogens (primary N) is 1. The number of hydrogen-bond acceptors (Lipinski definition) is 4. The molecule has 1 atom stereocenters. The lowest BCUT2D eigenvalue weighted by Gasteiger charge is -2.22. The van der Waals surface area contributed by atoms with Crippen LogP contribution in [0.3, 0.4) is 0 Å². The van der Waals surface area contributed by atoms with E-state index in [1.54, 1.807) is 42.5 Å². The van der Waals surface area contributed by atoms with Gasteiger partial charge in [-0.05, 0) is 48.4 Å². The first kappa shape index (κ1) is 22.8. The number of rotatable bonds is 7. The number of amidine groups is 1. The molecule has 0 aliphatic carbocycles. The maximum Gasteiger partial charge on any atom is 0.251 e. The summed E-state index contributed by atoms with van der Waals surface area (Å²) in [5.41, 5.74) is 8.72. The Balaban J connectivity index is 1.59. The number of amides is 1. The van der Waals surface area contributed by atoms with E-state index in [1.165, 1.54) is 6.07 Å². The summed E-state index contributed by atoms with van der Waals surface area (Å²) < 4.78 is 14.6. The Morgan fingerprint density at radius 1 is 1.12 bits per heavy atom. The molecule has 0 aromatic heterocycles. The molecule has 6 nitrogen and oxygen atoms in total. The van der Waals surface area contributed by atoms with Crippen molar-refractivity contribution in [2.45, 2.75) is 25.4 Å². The average molecular weight is 466 g/mol. The molecule has 5 N–H and O–H groups in total. The summed E-state index contributed by atoms with van der Waals surface area (Å²) in [6.07, 6.45) is 1.63. The van der Waals surface area contributed by atoms with E-state index >= 15 is 0 Å². The zero-order valence-electron chi connectivity index (χ0n) is 17.9. The number of nitrogens with zero attached hydrogens (tertiary/aromatic N) is 1. The van der Waals surface area contributed by atoms with Gasteiger partial charge in [0.15, 0.2) is 0 Å². The van der Waals surface area contributed by atoms with Gasteiger partial charge in [-0.3, -0.25) is 10.2 Å². The maximum atomic E-state index is 14.6. The molecule has 1 unspecified atom stereocenters. The fraction of sp³-hybridized carbons (Fsp3) is 0.200. The highest BCUT2D eigenvalue weighted by atomic mass is 35.5. The highest BCUT2D eigenvalue weighted by Crippen LogP contribution is 2.32. The summed E-state index contributed by atoms with van der Waals surface area (Å²) in [7, 11) is 0. The Morgan fingerprint density at radius 3 is 2.64 bits per heavy atom. The molecule has 33 heavy (non-hydrogen) atoms.